The van der Waals surface area contributed by atoms with E-state index in [4.69, 9.17) is 4.98 Å². The molecule has 32 heavy (non-hydrogen) atoms. The Morgan fingerprint density at radius 3 is 2.06 bits per heavy atom. The van der Waals surface area contributed by atoms with Gasteiger partial charge in [0.05, 0.1) is 11.4 Å². The highest BCUT2D eigenvalue weighted by Gasteiger charge is 2.21. The SMILES string of the molecule is Cc1ccc(Cc2nc3c(-c4ccc(O)cc4)[nH]c(-c4ccc(O)cc4)cn-3c2=O)cc1. The first kappa shape index (κ1) is 19.6. The number of fused-ring (bicyclic) bond motifs is 1. The summed E-state index contributed by atoms with van der Waals surface area (Å²) in [6.07, 6.45) is 2.17. The van der Waals surface area contributed by atoms with Gasteiger partial charge in [0, 0.05) is 18.2 Å². The minimum Gasteiger partial charge on any atom is -0.508 e. The van der Waals surface area contributed by atoms with Crippen molar-refractivity contribution in [1.29, 1.82) is 0 Å². The van der Waals surface area contributed by atoms with Gasteiger partial charge in [-0.1, -0.05) is 29.8 Å². The summed E-state index contributed by atoms with van der Waals surface area (Å²) in [5, 5.41) is 19.3. The zero-order valence-corrected chi connectivity index (χ0v) is 17.4. The zero-order chi connectivity index (χ0) is 22.2. The van der Waals surface area contributed by atoms with Gasteiger partial charge in [0.15, 0.2) is 5.82 Å². The van der Waals surface area contributed by atoms with Crippen LogP contribution in [0.4, 0.5) is 0 Å². The van der Waals surface area contributed by atoms with Crippen LogP contribution >= 0.6 is 0 Å². The summed E-state index contributed by atoms with van der Waals surface area (Å²) in [7, 11) is 0. The molecule has 5 rings (SSSR count). The van der Waals surface area contributed by atoms with E-state index in [0.717, 1.165) is 22.3 Å². The van der Waals surface area contributed by atoms with E-state index in [2.05, 4.69) is 4.98 Å². The number of phenolic OH excluding ortho intramolecular Hbond substituents is 2. The first-order chi connectivity index (χ1) is 15.5. The number of rotatable bonds is 4. The van der Waals surface area contributed by atoms with Crippen LogP contribution in [0.5, 0.6) is 11.5 Å². The Balaban J connectivity index is 1.70. The Morgan fingerprint density at radius 2 is 1.44 bits per heavy atom. The number of aryl methyl sites for hydroxylation is 1. The Morgan fingerprint density at radius 1 is 0.844 bits per heavy atom. The number of phenols is 2. The zero-order valence-electron chi connectivity index (χ0n) is 17.4. The maximum absolute atomic E-state index is 13.3. The molecule has 0 radical (unpaired) electrons. The van der Waals surface area contributed by atoms with Crippen LogP contribution < -0.4 is 5.56 Å². The van der Waals surface area contributed by atoms with E-state index in [0.29, 0.717) is 29.3 Å². The van der Waals surface area contributed by atoms with E-state index in [1.807, 2.05) is 31.2 Å². The van der Waals surface area contributed by atoms with Gasteiger partial charge in [-0.05, 0) is 66.6 Å². The minimum absolute atomic E-state index is 0.160. The van der Waals surface area contributed by atoms with Gasteiger partial charge >= 0.3 is 0 Å². The molecule has 0 spiro atoms. The number of aromatic hydroxyl groups is 2. The van der Waals surface area contributed by atoms with Crippen molar-refractivity contribution in [2.75, 3.05) is 0 Å². The van der Waals surface area contributed by atoms with Crippen molar-refractivity contribution in [3.05, 3.63) is 106 Å². The van der Waals surface area contributed by atoms with Crippen molar-refractivity contribution in [3.8, 4) is 39.8 Å². The predicted molar refractivity (Wildman–Crippen MR) is 124 cm³/mol. The summed E-state index contributed by atoms with van der Waals surface area (Å²) in [5.41, 5.74) is 5.46. The lowest BCUT2D eigenvalue weighted by molar-refractivity contribution is 0.475. The molecule has 0 unspecified atom stereocenters. The number of nitrogens with one attached hydrogen (secondary N) is 1. The molecule has 0 aliphatic carbocycles. The monoisotopic (exact) mass is 423 g/mol. The smallest absolute Gasteiger partial charge is 0.278 e. The summed E-state index contributed by atoms with van der Waals surface area (Å²) in [6, 6.07) is 21.6. The summed E-state index contributed by atoms with van der Waals surface area (Å²) in [6.45, 7) is 2.03. The summed E-state index contributed by atoms with van der Waals surface area (Å²) >= 11 is 0. The summed E-state index contributed by atoms with van der Waals surface area (Å²) in [4.78, 5) is 21.4. The molecule has 0 saturated heterocycles. The molecule has 0 saturated carbocycles. The summed E-state index contributed by atoms with van der Waals surface area (Å²) < 4.78 is 1.56. The summed E-state index contributed by atoms with van der Waals surface area (Å²) in [5.74, 6) is 0.846. The molecular formula is C26H21N3O3. The Kier molecular flexibility index (Phi) is 4.75. The molecular weight excluding hydrogens is 402 g/mol. The minimum atomic E-state index is -0.172. The molecule has 6 nitrogen and oxygen atoms in total. The largest absolute Gasteiger partial charge is 0.508 e. The second-order valence-electron chi connectivity index (χ2n) is 7.86. The molecule has 0 aromatic heterocycles. The number of benzene rings is 3. The van der Waals surface area contributed by atoms with Crippen LogP contribution in [0.2, 0.25) is 0 Å². The van der Waals surface area contributed by atoms with Gasteiger partial charge in [0.25, 0.3) is 5.56 Å². The molecule has 3 aromatic carbocycles. The lowest BCUT2D eigenvalue weighted by atomic mass is 10.1. The van der Waals surface area contributed by atoms with E-state index in [1.165, 1.54) is 0 Å². The number of hydrogen-bond acceptors (Lipinski definition) is 4. The molecule has 0 amide bonds. The fourth-order valence-corrected chi connectivity index (χ4v) is 3.74. The fourth-order valence-electron chi connectivity index (χ4n) is 3.74. The van der Waals surface area contributed by atoms with Crippen LogP contribution in [0.3, 0.4) is 0 Å². The second-order valence-corrected chi connectivity index (χ2v) is 7.86. The first-order valence-corrected chi connectivity index (χ1v) is 10.3. The van der Waals surface area contributed by atoms with Crippen molar-refractivity contribution in [3.63, 3.8) is 0 Å². The van der Waals surface area contributed by atoms with Gasteiger partial charge < -0.3 is 15.2 Å². The number of aromatic amines is 1. The number of nitrogens with zero attached hydrogens (tertiary/aromatic N) is 2. The van der Waals surface area contributed by atoms with Crippen LogP contribution in [0.15, 0.2) is 83.8 Å². The molecule has 2 aliphatic heterocycles. The Labute approximate surface area is 184 Å². The van der Waals surface area contributed by atoms with Crippen LogP contribution in [-0.4, -0.2) is 24.7 Å². The van der Waals surface area contributed by atoms with Crippen LogP contribution in [0.1, 0.15) is 16.8 Å². The van der Waals surface area contributed by atoms with Crippen molar-refractivity contribution in [2.45, 2.75) is 13.3 Å². The van der Waals surface area contributed by atoms with Gasteiger partial charge in [0.2, 0.25) is 0 Å². The molecule has 2 aliphatic rings. The molecule has 158 valence electrons. The third kappa shape index (κ3) is 3.63. The molecule has 0 atom stereocenters. The van der Waals surface area contributed by atoms with Gasteiger partial charge in [-0.2, -0.15) is 0 Å². The maximum atomic E-state index is 13.3. The third-order valence-corrected chi connectivity index (χ3v) is 5.50. The highest BCUT2D eigenvalue weighted by Crippen LogP contribution is 2.30. The normalized spacial score (nSPS) is 11.2. The van der Waals surface area contributed by atoms with Crippen LogP contribution in [0.25, 0.3) is 28.3 Å². The van der Waals surface area contributed by atoms with Gasteiger partial charge in [-0.3, -0.25) is 9.36 Å². The predicted octanol–water partition coefficient (Wildman–Crippen LogP) is 4.64. The van der Waals surface area contributed by atoms with E-state index in [-0.39, 0.29) is 17.1 Å². The average molecular weight is 423 g/mol. The standard InChI is InChI=1S/C26H21N3O3/c1-16-2-4-17(5-3-16)14-22-26(32)29-15-23(18-6-10-20(30)11-7-18)27-24(25(29)28-22)19-8-12-21(31)13-9-19/h2-13,15,27,30-31H,14H2,1H3. The highest BCUT2D eigenvalue weighted by atomic mass is 16.3. The average Bonchev–Trinajstić information content (AvgIpc) is 3.11. The maximum Gasteiger partial charge on any atom is 0.278 e. The van der Waals surface area contributed by atoms with Crippen molar-refractivity contribution >= 4 is 0 Å². The number of imidazole rings is 1. The van der Waals surface area contributed by atoms with Gasteiger partial charge in [-0.25, -0.2) is 4.98 Å². The molecule has 0 fully saturated rings. The molecule has 0 bridgehead atoms. The van der Waals surface area contributed by atoms with Gasteiger partial charge in [0.1, 0.15) is 17.2 Å². The lowest BCUT2D eigenvalue weighted by Gasteiger charge is -2.13. The van der Waals surface area contributed by atoms with Crippen LogP contribution in [-0.2, 0) is 6.42 Å². The van der Waals surface area contributed by atoms with Crippen molar-refractivity contribution < 1.29 is 10.2 Å². The molecule has 3 N–H and O–H groups in total. The number of H-pyrrole nitrogens is 1. The molecule has 3 aromatic rings. The highest BCUT2D eigenvalue weighted by molar-refractivity contribution is 5.72. The molecule has 2 heterocycles. The lowest BCUT2D eigenvalue weighted by Crippen LogP contribution is -2.16. The van der Waals surface area contributed by atoms with Crippen molar-refractivity contribution in [1.82, 2.24) is 14.5 Å². The van der Waals surface area contributed by atoms with E-state index in [1.54, 1.807) is 59.3 Å². The second kappa shape index (κ2) is 7.74. The van der Waals surface area contributed by atoms with Crippen molar-refractivity contribution in [2.24, 2.45) is 0 Å². The fraction of sp³-hybridized carbons (Fsp3) is 0.0769. The topological polar surface area (TPSA) is 91.1 Å². The Bertz CT molecular complexity index is 1410. The van der Waals surface area contributed by atoms with Gasteiger partial charge in [-0.15, -0.1) is 0 Å². The van der Waals surface area contributed by atoms with E-state index >= 15 is 0 Å². The number of aromatic nitrogens is 3. The number of hydrogen-bond donors (Lipinski definition) is 3. The Hall–Kier alpha value is -4.32. The quantitative estimate of drug-likeness (QED) is 0.393. The molecule has 6 heteroatoms. The van der Waals surface area contributed by atoms with E-state index < -0.39 is 0 Å². The first-order valence-electron chi connectivity index (χ1n) is 10.3. The van der Waals surface area contributed by atoms with E-state index in [9.17, 15) is 15.0 Å². The van der Waals surface area contributed by atoms with Crippen LogP contribution in [0, 0.1) is 6.92 Å². The third-order valence-electron chi connectivity index (χ3n) is 5.50.